The number of amides is 2. The molecule has 1 aromatic heterocycles. The van der Waals surface area contributed by atoms with Crippen LogP contribution in [0.3, 0.4) is 0 Å². The van der Waals surface area contributed by atoms with Crippen LogP contribution in [0.4, 0.5) is 10.5 Å². The lowest BCUT2D eigenvalue weighted by atomic mass is 10.3. The van der Waals surface area contributed by atoms with E-state index in [4.69, 9.17) is 4.74 Å². The number of carbonyl (C=O) groups is 1. The van der Waals surface area contributed by atoms with E-state index in [0.29, 0.717) is 19.6 Å². The van der Waals surface area contributed by atoms with Gasteiger partial charge in [-0.25, -0.2) is 9.78 Å². The van der Waals surface area contributed by atoms with E-state index in [2.05, 4.69) is 9.97 Å². The number of urea groups is 1. The van der Waals surface area contributed by atoms with Crippen LogP contribution in [0.15, 0.2) is 30.6 Å². The third kappa shape index (κ3) is 2.56. The first kappa shape index (κ1) is 13.5. The van der Waals surface area contributed by atoms with E-state index in [1.165, 1.54) is 0 Å². The van der Waals surface area contributed by atoms with E-state index in [-0.39, 0.29) is 6.03 Å². The molecule has 0 radical (unpaired) electrons. The second-order valence-electron chi connectivity index (χ2n) is 5.03. The fraction of sp³-hybridized carbons (Fsp3) is 0.333. The Bertz CT molecular complexity index is 653. The number of anilines is 1. The summed E-state index contributed by atoms with van der Waals surface area (Å²) in [7, 11) is 1.62. The maximum absolute atomic E-state index is 12.5. The zero-order chi connectivity index (χ0) is 14.8. The summed E-state index contributed by atoms with van der Waals surface area (Å²) in [6.07, 6.45) is 1.66. The van der Waals surface area contributed by atoms with Gasteiger partial charge in [-0.3, -0.25) is 4.90 Å². The molecule has 6 nitrogen and oxygen atoms in total. The molecular weight excluding hydrogens is 268 g/mol. The van der Waals surface area contributed by atoms with E-state index in [0.717, 1.165) is 22.8 Å². The number of hydrogen-bond acceptors (Lipinski definition) is 3. The van der Waals surface area contributed by atoms with Crippen molar-refractivity contribution in [1.29, 1.82) is 0 Å². The minimum atomic E-state index is 0.00523. The highest BCUT2D eigenvalue weighted by molar-refractivity contribution is 5.94. The number of hydrogen-bond donors (Lipinski definition) is 1. The van der Waals surface area contributed by atoms with Crippen LogP contribution in [0.2, 0.25) is 0 Å². The predicted molar refractivity (Wildman–Crippen MR) is 79.5 cm³/mol. The molecule has 1 aliphatic heterocycles. The summed E-state index contributed by atoms with van der Waals surface area (Å²) in [6.45, 7) is 3.87. The summed E-state index contributed by atoms with van der Waals surface area (Å²) < 4.78 is 5.21. The van der Waals surface area contributed by atoms with Crippen LogP contribution in [-0.2, 0) is 6.54 Å². The van der Waals surface area contributed by atoms with Crippen molar-refractivity contribution in [3.8, 4) is 5.75 Å². The van der Waals surface area contributed by atoms with Crippen molar-refractivity contribution in [2.24, 2.45) is 0 Å². The Balaban J connectivity index is 1.75. The van der Waals surface area contributed by atoms with Gasteiger partial charge in [-0.15, -0.1) is 0 Å². The lowest BCUT2D eigenvalue weighted by Gasteiger charge is -2.18. The normalized spacial score (nSPS) is 14.9. The number of imidazole rings is 1. The largest absolute Gasteiger partial charge is 0.497 e. The molecule has 1 N–H and O–H groups in total. The number of benzene rings is 1. The second-order valence-corrected chi connectivity index (χ2v) is 5.03. The molecule has 2 heterocycles. The van der Waals surface area contributed by atoms with Crippen molar-refractivity contribution in [1.82, 2.24) is 14.9 Å². The van der Waals surface area contributed by atoms with Gasteiger partial charge in [0.25, 0.3) is 0 Å². The van der Waals surface area contributed by atoms with Gasteiger partial charge in [0.15, 0.2) is 0 Å². The van der Waals surface area contributed by atoms with E-state index in [1.54, 1.807) is 18.3 Å². The van der Waals surface area contributed by atoms with Gasteiger partial charge in [0.05, 0.1) is 25.7 Å². The smallest absolute Gasteiger partial charge is 0.324 e. The van der Waals surface area contributed by atoms with Crippen LogP contribution in [0.25, 0.3) is 0 Å². The number of carbonyl (C=O) groups excluding carboxylic acids is 1. The molecule has 0 spiro atoms. The van der Waals surface area contributed by atoms with Crippen LogP contribution in [0.5, 0.6) is 5.75 Å². The Morgan fingerprint density at radius 3 is 2.95 bits per heavy atom. The molecule has 0 unspecified atom stereocenters. The van der Waals surface area contributed by atoms with Crippen molar-refractivity contribution in [3.63, 3.8) is 0 Å². The van der Waals surface area contributed by atoms with Gasteiger partial charge >= 0.3 is 6.03 Å². The van der Waals surface area contributed by atoms with Crippen LogP contribution in [-0.4, -0.2) is 41.1 Å². The van der Waals surface area contributed by atoms with E-state index in [9.17, 15) is 4.79 Å². The van der Waals surface area contributed by atoms with Crippen molar-refractivity contribution in [2.45, 2.75) is 13.5 Å². The number of nitrogens with one attached hydrogen (secondary N) is 1. The molecule has 1 aromatic carbocycles. The minimum absolute atomic E-state index is 0.00523. The molecule has 1 fully saturated rings. The SMILES string of the molecule is COc1cccc(N2CCN(Cc3nc[nH]c3C)C2=O)c1. The maximum Gasteiger partial charge on any atom is 0.324 e. The lowest BCUT2D eigenvalue weighted by molar-refractivity contribution is 0.218. The van der Waals surface area contributed by atoms with E-state index < -0.39 is 0 Å². The molecular formula is C15H18N4O2. The lowest BCUT2D eigenvalue weighted by Crippen LogP contribution is -2.31. The molecule has 21 heavy (non-hydrogen) atoms. The van der Waals surface area contributed by atoms with Crippen LogP contribution < -0.4 is 9.64 Å². The van der Waals surface area contributed by atoms with Crippen LogP contribution in [0.1, 0.15) is 11.4 Å². The molecule has 110 valence electrons. The van der Waals surface area contributed by atoms with Crippen LogP contribution in [0, 0.1) is 6.92 Å². The molecule has 2 aromatic rings. The van der Waals surface area contributed by atoms with Gasteiger partial charge in [-0.2, -0.15) is 0 Å². The summed E-state index contributed by atoms with van der Waals surface area (Å²) in [5.41, 5.74) is 2.78. The first-order valence-corrected chi connectivity index (χ1v) is 6.88. The summed E-state index contributed by atoms with van der Waals surface area (Å²) in [6, 6.07) is 7.56. The molecule has 2 amide bonds. The summed E-state index contributed by atoms with van der Waals surface area (Å²) in [5, 5.41) is 0. The number of aromatic amines is 1. The quantitative estimate of drug-likeness (QED) is 0.937. The molecule has 0 aliphatic carbocycles. The first-order chi connectivity index (χ1) is 10.2. The van der Waals surface area contributed by atoms with Crippen LogP contribution >= 0.6 is 0 Å². The first-order valence-electron chi connectivity index (χ1n) is 6.88. The highest BCUT2D eigenvalue weighted by Crippen LogP contribution is 2.25. The Hall–Kier alpha value is -2.50. The van der Waals surface area contributed by atoms with Crippen molar-refractivity contribution in [2.75, 3.05) is 25.1 Å². The van der Waals surface area contributed by atoms with E-state index in [1.807, 2.05) is 36.1 Å². The minimum Gasteiger partial charge on any atom is -0.497 e. The Labute approximate surface area is 123 Å². The van der Waals surface area contributed by atoms with Gasteiger partial charge in [-0.1, -0.05) is 6.07 Å². The predicted octanol–water partition coefficient (Wildman–Crippen LogP) is 2.17. The average molecular weight is 286 g/mol. The van der Waals surface area contributed by atoms with Crippen molar-refractivity contribution in [3.05, 3.63) is 42.0 Å². The van der Waals surface area contributed by atoms with Gasteiger partial charge in [-0.05, 0) is 19.1 Å². The zero-order valence-electron chi connectivity index (χ0n) is 12.2. The van der Waals surface area contributed by atoms with Crippen molar-refractivity contribution < 1.29 is 9.53 Å². The molecule has 0 atom stereocenters. The number of aryl methyl sites for hydroxylation is 1. The molecule has 1 aliphatic rings. The number of rotatable bonds is 4. The average Bonchev–Trinajstić information content (AvgIpc) is 3.07. The third-order valence-electron chi connectivity index (χ3n) is 3.73. The van der Waals surface area contributed by atoms with Gasteiger partial charge in [0, 0.05) is 30.5 Å². The summed E-state index contributed by atoms with van der Waals surface area (Å²) in [4.78, 5) is 23.4. The molecule has 0 saturated carbocycles. The third-order valence-corrected chi connectivity index (χ3v) is 3.73. The van der Waals surface area contributed by atoms with Gasteiger partial charge in [0.1, 0.15) is 5.75 Å². The number of ether oxygens (including phenoxy) is 1. The second kappa shape index (κ2) is 5.47. The Kier molecular flexibility index (Phi) is 3.51. The highest BCUT2D eigenvalue weighted by atomic mass is 16.5. The molecule has 6 heteroatoms. The highest BCUT2D eigenvalue weighted by Gasteiger charge is 2.30. The number of aromatic nitrogens is 2. The number of nitrogens with zero attached hydrogens (tertiary/aromatic N) is 3. The topological polar surface area (TPSA) is 61.5 Å². The monoisotopic (exact) mass is 286 g/mol. The molecule has 1 saturated heterocycles. The van der Waals surface area contributed by atoms with E-state index >= 15 is 0 Å². The molecule has 0 bridgehead atoms. The number of H-pyrrole nitrogens is 1. The fourth-order valence-corrected chi connectivity index (χ4v) is 2.47. The standard InChI is InChI=1S/C15H18N4O2/c1-11-14(17-10-16-11)9-18-6-7-19(15(18)20)12-4-3-5-13(8-12)21-2/h3-5,8,10H,6-7,9H2,1-2H3,(H,16,17). The van der Waals surface area contributed by atoms with Gasteiger partial charge in [0.2, 0.25) is 0 Å². The van der Waals surface area contributed by atoms with Crippen molar-refractivity contribution >= 4 is 11.7 Å². The summed E-state index contributed by atoms with van der Waals surface area (Å²) in [5.74, 6) is 0.752. The van der Waals surface area contributed by atoms with Gasteiger partial charge < -0.3 is 14.6 Å². The maximum atomic E-state index is 12.5. The molecule has 3 rings (SSSR count). The Morgan fingerprint density at radius 1 is 1.38 bits per heavy atom. The summed E-state index contributed by atoms with van der Waals surface area (Å²) >= 11 is 0. The fourth-order valence-electron chi connectivity index (χ4n) is 2.47. The zero-order valence-corrected chi connectivity index (χ0v) is 12.2. The number of methoxy groups -OCH3 is 1. The Morgan fingerprint density at radius 2 is 2.24 bits per heavy atom.